The molecule has 1 aromatic heterocycles. The number of nitrogens with zero attached hydrogens (tertiary/aromatic N) is 2. The molecule has 0 atom stereocenters. The van der Waals surface area contributed by atoms with Crippen LogP contribution in [0.15, 0.2) is 41.2 Å². The van der Waals surface area contributed by atoms with Crippen LogP contribution in [0.5, 0.6) is 0 Å². The summed E-state index contributed by atoms with van der Waals surface area (Å²) in [5.74, 6) is -1.06. The van der Waals surface area contributed by atoms with Crippen molar-refractivity contribution in [2.75, 3.05) is 5.32 Å². The Morgan fingerprint density at radius 3 is 2.52 bits per heavy atom. The largest absolute Gasteiger partial charge is 0.321 e. The summed E-state index contributed by atoms with van der Waals surface area (Å²) >= 11 is 12.6. The van der Waals surface area contributed by atoms with Crippen molar-refractivity contribution in [3.8, 4) is 11.1 Å². The van der Waals surface area contributed by atoms with E-state index >= 15 is 0 Å². The van der Waals surface area contributed by atoms with Gasteiger partial charge in [0.15, 0.2) is 0 Å². The Hall–Kier alpha value is -2.57. The summed E-state index contributed by atoms with van der Waals surface area (Å²) < 4.78 is 17.9. The number of halogens is 3. The van der Waals surface area contributed by atoms with Gasteiger partial charge in [0.05, 0.1) is 16.3 Å². The monoisotopic (exact) mass is 433 g/mol. The summed E-state index contributed by atoms with van der Waals surface area (Å²) in [5.41, 5.74) is 1.32. The van der Waals surface area contributed by atoms with E-state index in [0.29, 0.717) is 18.7 Å². The Morgan fingerprint density at radius 2 is 1.83 bits per heavy atom. The molecule has 0 fully saturated rings. The van der Waals surface area contributed by atoms with Crippen LogP contribution in [0.1, 0.15) is 28.8 Å². The zero-order chi connectivity index (χ0) is 20.7. The molecular weight excluding hydrogens is 416 g/mol. The number of benzene rings is 2. The number of carbonyl (C=O) groups is 1. The van der Waals surface area contributed by atoms with Crippen molar-refractivity contribution in [3.05, 3.63) is 73.9 Å². The molecule has 0 saturated carbocycles. The van der Waals surface area contributed by atoms with Crippen LogP contribution < -0.4 is 10.9 Å². The van der Waals surface area contributed by atoms with Gasteiger partial charge in [0.25, 0.3) is 11.5 Å². The van der Waals surface area contributed by atoms with Gasteiger partial charge in [0.1, 0.15) is 11.0 Å². The lowest BCUT2D eigenvalue weighted by Crippen LogP contribution is -2.27. The lowest BCUT2D eigenvalue weighted by molar-refractivity contribution is 0.102. The number of carbonyl (C=O) groups excluding carboxylic acids is 1. The summed E-state index contributed by atoms with van der Waals surface area (Å²) in [6.45, 7) is 3.01. The van der Waals surface area contributed by atoms with Crippen LogP contribution in [0.2, 0.25) is 10.2 Å². The topological polar surface area (TPSA) is 56.0 Å². The molecule has 29 heavy (non-hydrogen) atoms. The molecule has 8 heteroatoms. The quantitative estimate of drug-likeness (QED) is 0.623. The zero-order valence-corrected chi connectivity index (χ0v) is 17.1. The molecule has 1 N–H and O–H groups in total. The maximum absolute atomic E-state index is 14.7. The molecule has 0 saturated heterocycles. The van der Waals surface area contributed by atoms with Crippen molar-refractivity contribution in [3.63, 3.8) is 0 Å². The SMILES string of the molecule is Cc1cccc(C(=O)Nc2cc(-c3c(Cl)n4n(c3=O)CCCC4)c(F)cc2Cl)c1. The van der Waals surface area contributed by atoms with E-state index in [0.717, 1.165) is 24.5 Å². The van der Waals surface area contributed by atoms with Gasteiger partial charge in [0, 0.05) is 24.2 Å². The second kappa shape index (κ2) is 7.69. The first kappa shape index (κ1) is 19.7. The normalized spacial score (nSPS) is 13.2. The Morgan fingerprint density at radius 1 is 1.10 bits per heavy atom. The smallest absolute Gasteiger partial charge is 0.276 e. The first-order chi connectivity index (χ1) is 13.9. The molecule has 0 bridgehead atoms. The highest BCUT2D eigenvalue weighted by molar-refractivity contribution is 6.34. The predicted molar refractivity (Wildman–Crippen MR) is 112 cm³/mol. The molecule has 2 heterocycles. The van der Waals surface area contributed by atoms with E-state index < -0.39 is 5.82 Å². The highest BCUT2D eigenvalue weighted by Crippen LogP contribution is 2.35. The zero-order valence-electron chi connectivity index (χ0n) is 15.6. The van der Waals surface area contributed by atoms with Crippen LogP contribution in [0.4, 0.5) is 10.1 Å². The molecule has 0 aliphatic carbocycles. The summed E-state index contributed by atoms with van der Waals surface area (Å²) in [6, 6.07) is 9.50. The van der Waals surface area contributed by atoms with Crippen molar-refractivity contribution in [2.24, 2.45) is 0 Å². The fourth-order valence-electron chi connectivity index (χ4n) is 3.57. The third-order valence-corrected chi connectivity index (χ3v) is 5.71. The second-order valence-corrected chi connectivity index (χ2v) is 7.83. The third-order valence-electron chi connectivity index (χ3n) is 5.02. The van der Waals surface area contributed by atoms with Crippen LogP contribution in [-0.2, 0) is 13.1 Å². The molecule has 0 radical (unpaired) electrons. The average Bonchev–Trinajstić information content (AvgIpc) is 2.95. The van der Waals surface area contributed by atoms with Gasteiger partial charge in [-0.2, -0.15) is 0 Å². The fraction of sp³-hybridized carbons (Fsp3) is 0.238. The van der Waals surface area contributed by atoms with Gasteiger partial charge in [-0.25, -0.2) is 9.07 Å². The summed E-state index contributed by atoms with van der Waals surface area (Å²) in [7, 11) is 0. The van der Waals surface area contributed by atoms with Crippen molar-refractivity contribution in [2.45, 2.75) is 32.9 Å². The molecule has 0 spiro atoms. The van der Waals surface area contributed by atoms with Crippen LogP contribution in [0.3, 0.4) is 0 Å². The van der Waals surface area contributed by atoms with E-state index in [2.05, 4.69) is 5.32 Å². The number of anilines is 1. The van der Waals surface area contributed by atoms with Gasteiger partial charge in [-0.05, 0) is 44.0 Å². The number of amides is 1. The Bertz CT molecular complexity index is 1180. The van der Waals surface area contributed by atoms with Crippen molar-refractivity contribution >= 4 is 34.8 Å². The van der Waals surface area contributed by atoms with Gasteiger partial charge < -0.3 is 5.32 Å². The maximum Gasteiger partial charge on any atom is 0.276 e. The van der Waals surface area contributed by atoms with Gasteiger partial charge in [-0.3, -0.25) is 14.3 Å². The summed E-state index contributed by atoms with van der Waals surface area (Å²) in [5, 5.41) is 2.92. The minimum atomic E-state index is -0.675. The molecule has 0 unspecified atom stereocenters. The molecule has 150 valence electrons. The van der Waals surface area contributed by atoms with E-state index in [9.17, 15) is 14.0 Å². The number of aromatic nitrogens is 2. The van der Waals surface area contributed by atoms with Crippen molar-refractivity contribution in [1.29, 1.82) is 0 Å². The first-order valence-corrected chi connectivity index (χ1v) is 9.99. The van der Waals surface area contributed by atoms with Crippen LogP contribution in [-0.4, -0.2) is 15.3 Å². The minimum absolute atomic E-state index is 0.0124. The number of nitrogens with one attached hydrogen (secondary N) is 1. The van der Waals surface area contributed by atoms with E-state index in [4.69, 9.17) is 23.2 Å². The number of hydrogen-bond acceptors (Lipinski definition) is 2. The summed E-state index contributed by atoms with van der Waals surface area (Å²) in [4.78, 5) is 25.4. The Balaban J connectivity index is 1.77. The number of hydrogen-bond donors (Lipinski definition) is 1. The Labute approximate surface area is 176 Å². The molecule has 1 aliphatic heterocycles. The van der Waals surface area contributed by atoms with E-state index in [1.54, 1.807) is 22.9 Å². The van der Waals surface area contributed by atoms with E-state index in [-0.39, 0.29) is 38.5 Å². The van der Waals surface area contributed by atoms with Crippen LogP contribution >= 0.6 is 23.2 Å². The van der Waals surface area contributed by atoms with Crippen molar-refractivity contribution in [1.82, 2.24) is 9.36 Å². The first-order valence-electron chi connectivity index (χ1n) is 9.23. The van der Waals surface area contributed by atoms with E-state index in [1.807, 2.05) is 13.0 Å². The van der Waals surface area contributed by atoms with Gasteiger partial charge in [0.2, 0.25) is 0 Å². The van der Waals surface area contributed by atoms with Gasteiger partial charge in [-0.15, -0.1) is 0 Å². The molecular formula is C21H18Cl2FN3O2. The fourth-order valence-corrected chi connectivity index (χ4v) is 4.13. The molecule has 3 aromatic rings. The molecule has 1 aliphatic rings. The highest BCUT2D eigenvalue weighted by Gasteiger charge is 2.25. The van der Waals surface area contributed by atoms with Crippen LogP contribution in [0.25, 0.3) is 11.1 Å². The lowest BCUT2D eigenvalue weighted by Gasteiger charge is -2.17. The average molecular weight is 434 g/mol. The minimum Gasteiger partial charge on any atom is -0.321 e. The molecule has 1 amide bonds. The summed E-state index contributed by atoms with van der Waals surface area (Å²) in [6.07, 6.45) is 1.76. The molecule has 5 nitrogen and oxygen atoms in total. The third kappa shape index (κ3) is 3.58. The second-order valence-electron chi connectivity index (χ2n) is 7.06. The standard InChI is InChI=1S/C21H18Cl2FN3O2/c1-12-5-4-6-13(9-12)20(28)25-17-10-14(16(24)11-15(17)22)18-19(23)26-7-2-3-8-27(26)21(18)29/h4-6,9-11H,2-3,7-8H2,1H3,(H,25,28). The predicted octanol–water partition coefficient (Wildman–Crippen LogP) is 5.12. The molecule has 4 rings (SSSR count). The van der Waals surface area contributed by atoms with Gasteiger partial charge >= 0.3 is 0 Å². The van der Waals surface area contributed by atoms with Crippen molar-refractivity contribution < 1.29 is 9.18 Å². The Kier molecular flexibility index (Phi) is 5.23. The molecule has 2 aromatic carbocycles. The number of fused-ring (bicyclic) bond motifs is 1. The van der Waals surface area contributed by atoms with Gasteiger partial charge in [-0.1, -0.05) is 40.9 Å². The highest BCUT2D eigenvalue weighted by atomic mass is 35.5. The van der Waals surface area contributed by atoms with E-state index in [1.165, 1.54) is 10.7 Å². The lowest BCUT2D eigenvalue weighted by atomic mass is 10.1. The number of rotatable bonds is 3. The number of aryl methyl sites for hydroxylation is 1. The van der Waals surface area contributed by atoms with Crippen LogP contribution in [0, 0.1) is 12.7 Å². The maximum atomic E-state index is 14.7.